The predicted molar refractivity (Wildman–Crippen MR) is 90.2 cm³/mol. The number of pyridine rings is 1. The zero-order chi connectivity index (χ0) is 17.1. The van der Waals surface area contributed by atoms with E-state index in [1.54, 1.807) is 35.4 Å². The molecule has 0 amide bonds. The normalized spacial score (nSPS) is 10.7. The molecule has 24 heavy (non-hydrogen) atoms. The highest BCUT2D eigenvalue weighted by Gasteiger charge is 2.20. The third kappa shape index (κ3) is 3.11. The Hall–Kier alpha value is -2.82. The van der Waals surface area contributed by atoms with Gasteiger partial charge < -0.3 is 0 Å². The highest BCUT2D eigenvalue weighted by atomic mass is 19.1. The van der Waals surface area contributed by atoms with Crippen LogP contribution < -0.4 is 0 Å². The standard InChI is InChI=1S/C19H17F2N3/c1-13(2)8-11-24-19(18-16(20)4-3-5-17(18)21)15(12-23-24)14-6-9-22-10-7-14/h3-10,12H,11H2,1-2H3. The minimum absolute atomic E-state index is 0.0658. The van der Waals surface area contributed by atoms with Gasteiger partial charge in [-0.2, -0.15) is 5.10 Å². The fourth-order valence-corrected chi connectivity index (χ4v) is 2.52. The van der Waals surface area contributed by atoms with Crippen LogP contribution in [-0.2, 0) is 6.54 Å². The molecule has 2 heterocycles. The number of allylic oxidation sites excluding steroid dienone is 2. The molecular formula is C19H17F2N3. The Kier molecular flexibility index (Phi) is 4.51. The SMILES string of the molecule is CC(C)=CCn1ncc(-c2ccncc2)c1-c1c(F)cccc1F. The number of benzene rings is 1. The first-order valence-corrected chi connectivity index (χ1v) is 7.62. The number of hydrogen-bond donors (Lipinski definition) is 0. The van der Waals surface area contributed by atoms with Crippen LogP contribution in [0.5, 0.6) is 0 Å². The minimum Gasteiger partial charge on any atom is -0.265 e. The van der Waals surface area contributed by atoms with Crippen LogP contribution in [-0.4, -0.2) is 14.8 Å². The maximum absolute atomic E-state index is 14.4. The van der Waals surface area contributed by atoms with Gasteiger partial charge in [0, 0.05) is 18.0 Å². The highest BCUT2D eigenvalue weighted by Crippen LogP contribution is 2.35. The summed E-state index contributed by atoms with van der Waals surface area (Å²) in [5.41, 5.74) is 2.95. The lowest BCUT2D eigenvalue weighted by molar-refractivity contribution is 0.583. The van der Waals surface area contributed by atoms with Crippen LogP contribution >= 0.6 is 0 Å². The monoisotopic (exact) mass is 325 g/mol. The zero-order valence-electron chi connectivity index (χ0n) is 13.5. The first kappa shape index (κ1) is 16.1. The summed E-state index contributed by atoms with van der Waals surface area (Å²) < 4.78 is 30.4. The molecule has 2 aromatic heterocycles. The lowest BCUT2D eigenvalue weighted by Crippen LogP contribution is -2.04. The number of nitrogens with zero attached hydrogens (tertiary/aromatic N) is 3. The zero-order valence-corrected chi connectivity index (χ0v) is 13.5. The second-order valence-electron chi connectivity index (χ2n) is 5.70. The first-order valence-electron chi connectivity index (χ1n) is 7.62. The molecule has 0 N–H and O–H groups in total. The third-order valence-electron chi connectivity index (χ3n) is 3.70. The molecule has 0 saturated carbocycles. The van der Waals surface area contributed by atoms with E-state index < -0.39 is 11.6 Å². The highest BCUT2D eigenvalue weighted by molar-refractivity contribution is 5.81. The van der Waals surface area contributed by atoms with Crippen molar-refractivity contribution in [3.05, 3.63) is 72.2 Å². The Morgan fingerprint density at radius 3 is 2.38 bits per heavy atom. The Balaban J connectivity index is 2.24. The summed E-state index contributed by atoms with van der Waals surface area (Å²) in [5.74, 6) is -1.21. The van der Waals surface area contributed by atoms with Crippen LogP contribution in [0.25, 0.3) is 22.4 Å². The van der Waals surface area contributed by atoms with Crippen molar-refractivity contribution in [2.24, 2.45) is 0 Å². The average Bonchev–Trinajstić information content (AvgIpc) is 2.97. The summed E-state index contributed by atoms with van der Waals surface area (Å²) in [6, 6.07) is 7.46. The second kappa shape index (κ2) is 6.74. The largest absolute Gasteiger partial charge is 0.265 e. The smallest absolute Gasteiger partial charge is 0.135 e. The Morgan fingerprint density at radius 2 is 1.75 bits per heavy atom. The van der Waals surface area contributed by atoms with Crippen LogP contribution in [0.3, 0.4) is 0 Å². The van der Waals surface area contributed by atoms with E-state index in [9.17, 15) is 8.78 Å². The number of halogens is 2. The summed E-state index contributed by atoms with van der Waals surface area (Å²) >= 11 is 0. The van der Waals surface area contributed by atoms with Crippen molar-refractivity contribution in [2.45, 2.75) is 20.4 Å². The number of rotatable bonds is 4. The first-order chi connectivity index (χ1) is 11.6. The van der Waals surface area contributed by atoms with Gasteiger partial charge in [-0.25, -0.2) is 8.78 Å². The molecule has 0 spiro atoms. The topological polar surface area (TPSA) is 30.7 Å². The summed E-state index contributed by atoms with van der Waals surface area (Å²) in [6.45, 7) is 4.38. The van der Waals surface area contributed by atoms with Crippen molar-refractivity contribution in [1.29, 1.82) is 0 Å². The van der Waals surface area contributed by atoms with Gasteiger partial charge in [-0.1, -0.05) is 17.7 Å². The van der Waals surface area contributed by atoms with Crippen molar-refractivity contribution in [3.8, 4) is 22.4 Å². The molecule has 0 aliphatic heterocycles. The molecular weight excluding hydrogens is 308 g/mol. The number of aromatic nitrogens is 3. The molecule has 0 fully saturated rings. The molecule has 0 aliphatic rings. The number of hydrogen-bond acceptors (Lipinski definition) is 2. The average molecular weight is 325 g/mol. The van der Waals surface area contributed by atoms with E-state index in [1.807, 2.05) is 19.9 Å². The van der Waals surface area contributed by atoms with Crippen molar-refractivity contribution in [1.82, 2.24) is 14.8 Å². The van der Waals surface area contributed by atoms with Gasteiger partial charge in [0.2, 0.25) is 0 Å². The van der Waals surface area contributed by atoms with E-state index in [0.717, 1.165) is 11.1 Å². The maximum atomic E-state index is 14.4. The molecule has 0 saturated heterocycles. The molecule has 0 atom stereocenters. The summed E-state index contributed by atoms with van der Waals surface area (Å²) in [4.78, 5) is 3.99. The van der Waals surface area contributed by atoms with Gasteiger partial charge in [-0.05, 0) is 43.7 Å². The van der Waals surface area contributed by atoms with Crippen molar-refractivity contribution >= 4 is 0 Å². The van der Waals surface area contributed by atoms with E-state index >= 15 is 0 Å². The van der Waals surface area contributed by atoms with Gasteiger partial charge in [0.25, 0.3) is 0 Å². The van der Waals surface area contributed by atoms with Gasteiger partial charge in [-0.3, -0.25) is 9.67 Å². The van der Waals surface area contributed by atoms with Crippen LogP contribution in [0.1, 0.15) is 13.8 Å². The molecule has 3 aromatic rings. The molecule has 0 bridgehead atoms. The summed E-state index contributed by atoms with van der Waals surface area (Å²) in [6.07, 6.45) is 6.88. The summed E-state index contributed by atoms with van der Waals surface area (Å²) in [5, 5.41) is 4.34. The molecule has 0 radical (unpaired) electrons. The van der Waals surface area contributed by atoms with E-state index in [1.165, 1.54) is 18.2 Å². The van der Waals surface area contributed by atoms with Gasteiger partial charge in [0.05, 0.1) is 24.0 Å². The van der Waals surface area contributed by atoms with Gasteiger partial charge in [0.15, 0.2) is 0 Å². The van der Waals surface area contributed by atoms with Crippen LogP contribution in [0.15, 0.2) is 60.6 Å². The van der Waals surface area contributed by atoms with E-state index in [-0.39, 0.29) is 5.56 Å². The van der Waals surface area contributed by atoms with Crippen LogP contribution in [0.2, 0.25) is 0 Å². The fourth-order valence-electron chi connectivity index (χ4n) is 2.52. The third-order valence-corrected chi connectivity index (χ3v) is 3.70. The van der Waals surface area contributed by atoms with Gasteiger partial charge in [0.1, 0.15) is 11.6 Å². The van der Waals surface area contributed by atoms with E-state index in [0.29, 0.717) is 17.8 Å². The Labute approximate surface area is 139 Å². The van der Waals surface area contributed by atoms with Crippen LogP contribution in [0, 0.1) is 11.6 Å². The lowest BCUT2D eigenvalue weighted by atomic mass is 10.0. The van der Waals surface area contributed by atoms with E-state index in [2.05, 4.69) is 10.1 Å². The van der Waals surface area contributed by atoms with E-state index in [4.69, 9.17) is 0 Å². The fraction of sp³-hybridized carbons (Fsp3) is 0.158. The molecule has 3 nitrogen and oxygen atoms in total. The van der Waals surface area contributed by atoms with Gasteiger partial charge in [-0.15, -0.1) is 0 Å². The van der Waals surface area contributed by atoms with Crippen LogP contribution in [0.4, 0.5) is 8.78 Å². The van der Waals surface area contributed by atoms with Crippen molar-refractivity contribution in [3.63, 3.8) is 0 Å². The second-order valence-corrected chi connectivity index (χ2v) is 5.70. The summed E-state index contributed by atoms with van der Waals surface area (Å²) in [7, 11) is 0. The van der Waals surface area contributed by atoms with Gasteiger partial charge >= 0.3 is 0 Å². The Bertz CT molecular complexity index is 859. The predicted octanol–water partition coefficient (Wildman–Crippen LogP) is 4.86. The molecule has 122 valence electrons. The van der Waals surface area contributed by atoms with Crippen molar-refractivity contribution in [2.75, 3.05) is 0 Å². The molecule has 5 heteroatoms. The molecule has 0 aliphatic carbocycles. The lowest BCUT2D eigenvalue weighted by Gasteiger charge is -2.11. The molecule has 1 aromatic carbocycles. The molecule has 3 rings (SSSR count). The molecule has 0 unspecified atom stereocenters. The minimum atomic E-state index is -0.607. The quantitative estimate of drug-likeness (QED) is 0.642. The Morgan fingerprint density at radius 1 is 1.08 bits per heavy atom. The van der Waals surface area contributed by atoms with Crippen molar-refractivity contribution < 1.29 is 8.78 Å². The maximum Gasteiger partial charge on any atom is 0.135 e.